The molecule has 1 aromatic heterocycles. The number of imidazole rings is 1. The van der Waals surface area contributed by atoms with Crippen molar-refractivity contribution < 1.29 is 46.6 Å². The third-order valence-corrected chi connectivity index (χ3v) is 10.4. The highest BCUT2D eigenvalue weighted by Crippen LogP contribution is 2.38. The number of ether oxygens (including phenoxy) is 3. The first-order valence-electron chi connectivity index (χ1n) is 19.4. The minimum Gasteiger partial charge on any atom is -0.463 e. The summed E-state index contributed by atoms with van der Waals surface area (Å²) in [5.74, 6) is -2.82. The zero-order valence-electron chi connectivity index (χ0n) is 31.9. The van der Waals surface area contributed by atoms with Crippen molar-refractivity contribution in [3.05, 3.63) is 89.9 Å². The number of benzene rings is 2. The van der Waals surface area contributed by atoms with Gasteiger partial charge in [-0.05, 0) is 55.9 Å². The molecule has 2 N–H and O–H groups in total. The van der Waals surface area contributed by atoms with Crippen molar-refractivity contribution in [1.29, 1.82) is 0 Å². The lowest BCUT2D eigenvalue weighted by atomic mass is 9.89. The van der Waals surface area contributed by atoms with Gasteiger partial charge in [-0.25, -0.2) is 22.9 Å². The number of urea groups is 1. The van der Waals surface area contributed by atoms with Crippen LogP contribution in [0.4, 0.5) is 18.0 Å². The molecule has 4 heterocycles. The van der Waals surface area contributed by atoms with Crippen molar-refractivity contribution >= 4 is 23.8 Å². The molecule has 0 saturated carbocycles. The molecule has 6 rings (SSSR count). The van der Waals surface area contributed by atoms with Crippen LogP contribution >= 0.6 is 0 Å². The fourth-order valence-electron chi connectivity index (χ4n) is 7.34. The second kappa shape index (κ2) is 19.9. The SMILES string of the molecule is C[C@@H](COC(=O)CCCOCCN1C(=O)C=CC1=O)NC(=O)N(C[C@@H]1CNC[C@@H]1F)[C@@H](c1nc(-c2cc(F)ccc2F)cn1Cc1ccccc1)C1CCOCC1. The lowest BCUT2D eigenvalue weighted by molar-refractivity contribution is -0.144. The molecule has 4 amide bonds. The molecule has 2 saturated heterocycles. The standard InChI is InChI=1S/C41H49F3N6O7/c1-27(26-57-38(53)8-5-16-55-19-15-49-36(51)11-12-37(49)52)46-41(54)50(24-30-21-45-22-34(30)44)39(29-13-17-56-18-14-29)40-47-35(32-20-31(42)9-10-33(32)43)25-48(40)23-28-6-3-2-4-7-28/h2-4,6-7,9-12,20,25,27,29-30,34,39,45H,5,8,13-19,21-24,26H2,1H3,(H,46,54)/t27-,30-,34-,39+/m0/s1. The molecule has 3 aliphatic rings. The van der Waals surface area contributed by atoms with E-state index in [4.69, 9.17) is 19.2 Å². The van der Waals surface area contributed by atoms with Crippen LogP contribution in [0.2, 0.25) is 0 Å². The van der Waals surface area contributed by atoms with Gasteiger partial charge in [-0.15, -0.1) is 0 Å². The number of rotatable bonds is 18. The average molecular weight is 795 g/mol. The Labute approximate surface area is 329 Å². The Hall–Kier alpha value is -5.06. The number of halogens is 3. The van der Waals surface area contributed by atoms with Crippen molar-refractivity contribution in [3.63, 3.8) is 0 Å². The van der Waals surface area contributed by atoms with E-state index in [1.165, 1.54) is 12.2 Å². The van der Waals surface area contributed by atoms with Gasteiger partial charge in [0.15, 0.2) is 0 Å². The summed E-state index contributed by atoms with van der Waals surface area (Å²) >= 11 is 0. The summed E-state index contributed by atoms with van der Waals surface area (Å²) in [6.07, 6.45) is 4.39. The highest BCUT2D eigenvalue weighted by Gasteiger charge is 2.40. The summed E-state index contributed by atoms with van der Waals surface area (Å²) in [5, 5.41) is 6.03. The molecule has 2 fully saturated rings. The van der Waals surface area contributed by atoms with E-state index >= 15 is 8.78 Å². The van der Waals surface area contributed by atoms with E-state index < -0.39 is 59.6 Å². The number of nitrogens with one attached hydrogen (secondary N) is 2. The first kappa shape index (κ1) is 41.6. The number of amides is 4. The minimum absolute atomic E-state index is 0.0248. The van der Waals surface area contributed by atoms with Gasteiger partial charge in [0.25, 0.3) is 11.8 Å². The Morgan fingerprint density at radius 3 is 2.53 bits per heavy atom. The summed E-state index contributed by atoms with van der Waals surface area (Å²) in [4.78, 5) is 58.0. The molecule has 3 aromatic rings. The van der Waals surface area contributed by atoms with Gasteiger partial charge in [-0.3, -0.25) is 19.3 Å². The van der Waals surface area contributed by atoms with E-state index in [1.807, 2.05) is 34.9 Å². The number of imide groups is 1. The highest BCUT2D eigenvalue weighted by molar-refractivity contribution is 6.12. The van der Waals surface area contributed by atoms with E-state index in [0.717, 1.165) is 28.7 Å². The molecular weight excluding hydrogens is 745 g/mol. The monoisotopic (exact) mass is 794 g/mol. The molecule has 0 unspecified atom stereocenters. The maximum absolute atomic E-state index is 15.3. The maximum Gasteiger partial charge on any atom is 0.318 e. The number of nitrogens with zero attached hydrogens (tertiary/aromatic N) is 4. The van der Waals surface area contributed by atoms with Crippen LogP contribution in [0.3, 0.4) is 0 Å². The van der Waals surface area contributed by atoms with Crippen LogP contribution in [0.1, 0.15) is 50.0 Å². The van der Waals surface area contributed by atoms with Crippen LogP contribution in [0, 0.1) is 23.5 Å². The first-order valence-corrected chi connectivity index (χ1v) is 19.4. The first-order chi connectivity index (χ1) is 27.6. The number of hydrogen-bond donors (Lipinski definition) is 2. The molecule has 0 bridgehead atoms. The molecule has 2 aromatic carbocycles. The van der Waals surface area contributed by atoms with E-state index in [-0.39, 0.29) is 63.1 Å². The van der Waals surface area contributed by atoms with E-state index in [0.29, 0.717) is 51.4 Å². The van der Waals surface area contributed by atoms with Crippen LogP contribution < -0.4 is 10.6 Å². The van der Waals surface area contributed by atoms with Crippen LogP contribution in [-0.2, 0) is 35.1 Å². The quantitative estimate of drug-likeness (QED) is 0.108. The van der Waals surface area contributed by atoms with Crippen molar-refractivity contribution in [2.45, 2.75) is 57.4 Å². The van der Waals surface area contributed by atoms with Gasteiger partial charge in [0.05, 0.1) is 30.9 Å². The Balaban J connectivity index is 1.18. The van der Waals surface area contributed by atoms with E-state index in [1.54, 1.807) is 18.0 Å². The molecule has 3 aliphatic heterocycles. The minimum atomic E-state index is -1.21. The highest BCUT2D eigenvalue weighted by atomic mass is 19.1. The predicted molar refractivity (Wildman–Crippen MR) is 202 cm³/mol. The van der Waals surface area contributed by atoms with Crippen molar-refractivity contribution in [2.75, 3.05) is 59.2 Å². The molecule has 13 nitrogen and oxygen atoms in total. The van der Waals surface area contributed by atoms with Crippen molar-refractivity contribution in [3.8, 4) is 11.3 Å². The molecule has 57 heavy (non-hydrogen) atoms. The van der Waals surface area contributed by atoms with E-state index in [2.05, 4.69) is 10.6 Å². The van der Waals surface area contributed by atoms with Crippen LogP contribution in [0.25, 0.3) is 11.3 Å². The number of hydrogen-bond acceptors (Lipinski definition) is 9. The van der Waals surface area contributed by atoms with Gasteiger partial charge in [0, 0.05) is 82.3 Å². The zero-order chi connectivity index (χ0) is 40.3. The van der Waals surface area contributed by atoms with E-state index in [9.17, 15) is 23.6 Å². The van der Waals surface area contributed by atoms with Crippen LogP contribution in [-0.4, -0.2) is 115 Å². The Morgan fingerprint density at radius 2 is 1.81 bits per heavy atom. The molecule has 16 heteroatoms. The van der Waals surface area contributed by atoms with Gasteiger partial charge >= 0.3 is 12.0 Å². The lowest BCUT2D eigenvalue weighted by Crippen LogP contribution is -2.51. The molecule has 0 spiro atoms. The average Bonchev–Trinajstić information content (AvgIpc) is 3.91. The number of aromatic nitrogens is 2. The predicted octanol–water partition coefficient (Wildman–Crippen LogP) is 4.57. The Morgan fingerprint density at radius 1 is 1.05 bits per heavy atom. The van der Waals surface area contributed by atoms with Gasteiger partial charge in [0.1, 0.15) is 30.2 Å². The number of carbonyl (C=O) groups excluding carboxylic acids is 4. The summed E-state index contributed by atoms with van der Waals surface area (Å²) < 4.78 is 63.5. The normalized spacial score (nSPS) is 19.5. The number of esters is 1. The second-order valence-corrected chi connectivity index (χ2v) is 14.6. The summed E-state index contributed by atoms with van der Waals surface area (Å²) in [6, 6.07) is 10.9. The topological polar surface area (TPSA) is 144 Å². The Kier molecular flexibility index (Phi) is 14.5. The van der Waals surface area contributed by atoms with Crippen LogP contribution in [0.15, 0.2) is 66.9 Å². The lowest BCUT2D eigenvalue weighted by Gasteiger charge is -2.40. The third kappa shape index (κ3) is 11.1. The second-order valence-electron chi connectivity index (χ2n) is 14.6. The van der Waals surface area contributed by atoms with Crippen molar-refractivity contribution in [2.24, 2.45) is 11.8 Å². The third-order valence-electron chi connectivity index (χ3n) is 10.4. The molecule has 306 valence electrons. The number of carbonyl (C=O) groups is 4. The molecular formula is C41H49F3N6O7. The van der Waals surface area contributed by atoms with Crippen LogP contribution in [0.5, 0.6) is 0 Å². The fourth-order valence-corrected chi connectivity index (χ4v) is 7.34. The summed E-state index contributed by atoms with van der Waals surface area (Å²) in [5.41, 5.74) is 1.09. The summed E-state index contributed by atoms with van der Waals surface area (Å²) in [6.45, 7) is 3.76. The molecule has 0 aliphatic carbocycles. The van der Waals surface area contributed by atoms with Gasteiger partial charge in [-0.2, -0.15) is 0 Å². The molecule has 0 radical (unpaired) electrons. The van der Waals surface area contributed by atoms with Crippen molar-refractivity contribution in [1.82, 2.24) is 30.0 Å². The Bertz CT molecular complexity index is 1870. The van der Waals surface area contributed by atoms with Gasteiger partial charge in [0.2, 0.25) is 0 Å². The fraction of sp³-hybridized carbons (Fsp3) is 0.488. The molecule has 4 atom stereocenters. The van der Waals surface area contributed by atoms with Gasteiger partial charge < -0.3 is 34.3 Å². The maximum atomic E-state index is 15.3. The zero-order valence-corrected chi connectivity index (χ0v) is 31.9. The largest absolute Gasteiger partial charge is 0.463 e. The number of alkyl halides is 1. The summed E-state index contributed by atoms with van der Waals surface area (Å²) in [7, 11) is 0. The van der Waals surface area contributed by atoms with Gasteiger partial charge in [-0.1, -0.05) is 30.3 Å². The smallest absolute Gasteiger partial charge is 0.318 e.